The lowest BCUT2D eigenvalue weighted by Gasteiger charge is -2.33. The summed E-state index contributed by atoms with van der Waals surface area (Å²) in [6.45, 7) is 5.50. The van der Waals surface area contributed by atoms with Crippen molar-refractivity contribution in [3.63, 3.8) is 0 Å². The fourth-order valence-electron chi connectivity index (χ4n) is 2.85. The number of amides is 2. The van der Waals surface area contributed by atoms with E-state index >= 15 is 0 Å². The van der Waals surface area contributed by atoms with Crippen LogP contribution in [-0.2, 0) is 9.59 Å². The molecule has 2 amide bonds. The van der Waals surface area contributed by atoms with E-state index < -0.39 is 0 Å². The van der Waals surface area contributed by atoms with Crippen molar-refractivity contribution in [3.05, 3.63) is 0 Å². The van der Waals surface area contributed by atoms with Crippen LogP contribution in [0, 0.1) is 11.8 Å². The zero-order chi connectivity index (χ0) is 11.5. The first-order valence-electron chi connectivity index (χ1n) is 6.26. The average molecular weight is 224 g/mol. The van der Waals surface area contributed by atoms with Crippen LogP contribution < -0.4 is 5.32 Å². The van der Waals surface area contributed by atoms with Gasteiger partial charge in [-0.25, -0.2) is 0 Å². The predicted octanol–water partition coefficient (Wildman–Crippen LogP) is 0.771. The summed E-state index contributed by atoms with van der Waals surface area (Å²) >= 11 is 0. The molecule has 4 heteroatoms. The van der Waals surface area contributed by atoms with Gasteiger partial charge in [-0.15, -0.1) is 0 Å². The van der Waals surface area contributed by atoms with Crippen LogP contribution in [0.5, 0.6) is 0 Å². The Bertz CT molecular complexity index is 283. The maximum Gasteiger partial charge on any atom is 0.230 e. The van der Waals surface area contributed by atoms with Crippen molar-refractivity contribution >= 4 is 11.8 Å². The molecule has 0 bridgehead atoms. The number of piperidine rings is 1. The molecule has 2 rings (SSSR count). The molecule has 0 saturated carbocycles. The zero-order valence-corrected chi connectivity index (χ0v) is 9.87. The largest absolute Gasteiger partial charge is 0.303 e. The van der Waals surface area contributed by atoms with Crippen molar-refractivity contribution in [2.24, 2.45) is 11.8 Å². The third-order valence-corrected chi connectivity index (χ3v) is 3.75. The maximum atomic E-state index is 11.5. The average Bonchev–Trinajstić information content (AvgIpc) is 2.59. The van der Waals surface area contributed by atoms with Crippen molar-refractivity contribution in [2.75, 3.05) is 19.6 Å². The number of likely N-dealkylation sites (tertiary alicyclic amines) is 1. The number of carbonyl (C=O) groups excluding carboxylic acids is 2. The minimum atomic E-state index is -0.0917. The lowest BCUT2D eigenvalue weighted by molar-refractivity contribution is -0.126. The molecule has 1 N–H and O–H groups in total. The second kappa shape index (κ2) is 4.95. The van der Waals surface area contributed by atoms with Crippen LogP contribution in [0.2, 0.25) is 0 Å². The van der Waals surface area contributed by atoms with Gasteiger partial charge in [0, 0.05) is 6.42 Å². The standard InChI is InChI=1S/C12H20N2O2/c1-2-5-14-6-3-9(4-7-14)10-8-11(15)13-12(10)16/h9-10H,2-8H2,1H3,(H,13,15,16). The number of imide groups is 1. The molecule has 1 atom stereocenters. The van der Waals surface area contributed by atoms with Gasteiger partial charge in [0.2, 0.25) is 11.8 Å². The van der Waals surface area contributed by atoms with E-state index in [1.807, 2.05) is 0 Å². The Hall–Kier alpha value is -0.900. The highest BCUT2D eigenvalue weighted by atomic mass is 16.2. The first kappa shape index (κ1) is 11.6. The van der Waals surface area contributed by atoms with Crippen molar-refractivity contribution in [3.8, 4) is 0 Å². The highest BCUT2D eigenvalue weighted by Crippen LogP contribution is 2.29. The van der Waals surface area contributed by atoms with Crippen molar-refractivity contribution in [2.45, 2.75) is 32.6 Å². The predicted molar refractivity (Wildman–Crippen MR) is 60.7 cm³/mol. The van der Waals surface area contributed by atoms with E-state index in [9.17, 15) is 9.59 Å². The lowest BCUT2D eigenvalue weighted by atomic mass is 9.83. The van der Waals surface area contributed by atoms with Gasteiger partial charge in [0.05, 0.1) is 5.92 Å². The Balaban J connectivity index is 1.85. The zero-order valence-electron chi connectivity index (χ0n) is 9.87. The quantitative estimate of drug-likeness (QED) is 0.720. The Morgan fingerprint density at radius 2 is 2.00 bits per heavy atom. The van der Waals surface area contributed by atoms with Gasteiger partial charge >= 0.3 is 0 Å². The van der Waals surface area contributed by atoms with Crippen molar-refractivity contribution in [1.29, 1.82) is 0 Å². The van der Waals surface area contributed by atoms with Crippen LogP contribution in [0.25, 0.3) is 0 Å². The summed E-state index contributed by atoms with van der Waals surface area (Å²) in [5.41, 5.74) is 0. The molecule has 4 nitrogen and oxygen atoms in total. The van der Waals surface area contributed by atoms with Crippen LogP contribution in [-0.4, -0.2) is 36.3 Å². The summed E-state index contributed by atoms with van der Waals surface area (Å²) in [5, 5.41) is 2.41. The number of carbonyl (C=O) groups is 2. The summed E-state index contributed by atoms with van der Waals surface area (Å²) in [4.78, 5) is 25.1. The second-order valence-electron chi connectivity index (χ2n) is 4.90. The number of nitrogens with one attached hydrogen (secondary N) is 1. The van der Waals surface area contributed by atoms with E-state index in [0.717, 1.165) is 32.5 Å². The van der Waals surface area contributed by atoms with Crippen LogP contribution >= 0.6 is 0 Å². The van der Waals surface area contributed by atoms with Crippen molar-refractivity contribution in [1.82, 2.24) is 10.2 Å². The molecule has 90 valence electrons. The molecule has 0 aromatic rings. The van der Waals surface area contributed by atoms with E-state index in [0.29, 0.717) is 12.3 Å². The molecule has 2 aliphatic heterocycles. The van der Waals surface area contributed by atoms with Gasteiger partial charge in [-0.3, -0.25) is 14.9 Å². The maximum absolute atomic E-state index is 11.5. The SMILES string of the molecule is CCCN1CCC(C2CC(=O)NC2=O)CC1. The molecule has 1 unspecified atom stereocenters. The Morgan fingerprint density at radius 1 is 1.31 bits per heavy atom. The molecule has 0 aromatic carbocycles. The third-order valence-electron chi connectivity index (χ3n) is 3.75. The summed E-state index contributed by atoms with van der Waals surface area (Å²) < 4.78 is 0. The summed E-state index contributed by atoms with van der Waals surface area (Å²) in [6, 6.07) is 0. The molecule has 16 heavy (non-hydrogen) atoms. The Kier molecular flexibility index (Phi) is 3.59. The molecule has 0 aromatic heterocycles. The van der Waals surface area contributed by atoms with E-state index in [2.05, 4.69) is 17.1 Å². The van der Waals surface area contributed by atoms with E-state index in [1.54, 1.807) is 0 Å². The van der Waals surface area contributed by atoms with Gasteiger partial charge in [-0.05, 0) is 44.8 Å². The smallest absolute Gasteiger partial charge is 0.230 e. The molecule has 2 heterocycles. The minimum Gasteiger partial charge on any atom is -0.303 e. The molecule has 2 fully saturated rings. The van der Waals surface area contributed by atoms with Gasteiger partial charge in [0.15, 0.2) is 0 Å². The topological polar surface area (TPSA) is 49.4 Å². The van der Waals surface area contributed by atoms with Crippen molar-refractivity contribution < 1.29 is 9.59 Å². The van der Waals surface area contributed by atoms with Gasteiger partial charge in [-0.2, -0.15) is 0 Å². The molecule has 0 spiro atoms. The molecular formula is C12H20N2O2. The first-order valence-corrected chi connectivity index (χ1v) is 6.26. The third kappa shape index (κ3) is 2.43. The fraction of sp³-hybridized carbons (Fsp3) is 0.833. The van der Waals surface area contributed by atoms with Crippen LogP contribution in [0.3, 0.4) is 0 Å². The summed E-state index contributed by atoms with van der Waals surface area (Å²) in [5.74, 6) is 0.237. The molecule has 0 radical (unpaired) electrons. The molecule has 2 aliphatic rings. The first-order chi connectivity index (χ1) is 7.70. The lowest BCUT2D eigenvalue weighted by Crippen LogP contribution is -2.38. The van der Waals surface area contributed by atoms with Gasteiger partial charge < -0.3 is 4.90 Å². The second-order valence-corrected chi connectivity index (χ2v) is 4.90. The minimum absolute atomic E-state index is 0.0426. The van der Waals surface area contributed by atoms with Crippen LogP contribution in [0.15, 0.2) is 0 Å². The number of rotatable bonds is 3. The normalized spacial score (nSPS) is 28.4. The molecular weight excluding hydrogens is 204 g/mol. The van der Waals surface area contributed by atoms with Gasteiger partial charge in [0.1, 0.15) is 0 Å². The van der Waals surface area contributed by atoms with E-state index in [1.165, 1.54) is 6.42 Å². The van der Waals surface area contributed by atoms with Crippen LogP contribution in [0.4, 0.5) is 0 Å². The van der Waals surface area contributed by atoms with E-state index in [4.69, 9.17) is 0 Å². The van der Waals surface area contributed by atoms with Gasteiger partial charge in [-0.1, -0.05) is 6.92 Å². The van der Waals surface area contributed by atoms with Crippen LogP contribution in [0.1, 0.15) is 32.6 Å². The summed E-state index contributed by atoms with van der Waals surface area (Å²) in [7, 11) is 0. The van der Waals surface area contributed by atoms with Gasteiger partial charge in [0.25, 0.3) is 0 Å². The van der Waals surface area contributed by atoms with E-state index in [-0.39, 0.29) is 17.7 Å². The molecule has 2 saturated heterocycles. The Morgan fingerprint density at radius 3 is 2.50 bits per heavy atom. The number of hydrogen-bond donors (Lipinski definition) is 1. The molecule has 0 aliphatic carbocycles. The monoisotopic (exact) mass is 224 g/mol. The summed E-state index contributed by atoms with van der Waals surface area (Å²) in [6.07, 6.45) is 3.72. The highest BCUT2D eigenvalue weighted by molar-refractivity contribution is 6.03. The number of nitrogens with zero attached hydrogens (tertiary/aromatic N) is 1. The Labute approximate surface area is 96.4 Å². The number of hydrogen-bond acceptors (Lipinski definition) is 3. The fourth-order valence-corrected chi connectivity index (χ4v) is 2.85. The highest BCUT2D eigenvalue weighted by Gasteiger charge is 2.37.